The lowest BCUT2D eigenvalue weighted by atomic mass is 9.96. The minimum atomic E-state index is -0.0930. The molecule has 1 amide bonds. The van der Waals surface area contributed by atoms with E-state index < -0.39 is 0 Å². The van der Waals surface area contributed by atoms with Crippen LogP contribution in [0.2, 0.25) is 0 Å². The second-order valence-electron chi connectivity index (χ2n) is 6.31. The van der Waals surface area contributed by atoms with Crippen LogP contribution in [0, 0.1) is 19.8 Å². The van der Waals surface area contributed by atoms with Gasteiger partial charge in [-0.05, 0) is 39.3 Å². The number of anilines is 1. The molecule has 7 heteroatoms. The van der Waals surface area contributed by atoms with Crippen LogP contribution in [0.3, 0.4) is 0 Å². The minimum Gasteiger partial charge on any atom is -0.362 e. The van der Waals surface area contributed by atoms with Gasteiger partial charge >= 0.3 is 0 Å². The molecule has 128 valence electrons. The Morgan fingerprint density at radius 2 is 2.29 bits per heavy atom. The normalized spacial score (nSPS) is 18.5. The third-order valence-electron chi connectivity index (χ3n) is 4.36. The summed E-state index contributed by atoms with van der Waals surface area (Å²) in [5.41, 5.74) is 2.66. The first-order valence-electron chi connectivity index (χ1n) is 8.15. The summed E-state index contributed by atoms with van der Waals surface area (Å²) in [7, 11) is 0. The molecule has 2 aromatic rings. The lowest BCUT2D eigenvalue weighted by molar-refractivity contribution is -0.121. The topological polar surface area (TPSA) is 78.1 Å². The van der Waals surface area contributed by atoms with Crippen LogP contribution in [0.5, 0.6) is 0 Å². The summed E-state index contributed by atoms with van der Waals surface area (Å²) < 4.78 is 0. The third kappa shape index (κ3) is 3.91. The van der Waals surface area contributed by atoms with E-state index in [1.165, 1.54) is 11.3 Å². The fraction of sp³-hybridized carbons (Fsp3) is 0.471. The van der Waals surface area contributed by atoms with Crippen molar-refractivity contribution in [2.75, 3.05) is 25.0 Å². The molecule has 0 aliphatic carbocycles. The SMILES string of the molecule is Cc1cc(C(=O)CN2CCC[C@@H](C(=O)Nc3nccs3)C2)c(C)[nH]1. The number of ketones is 1. The Morgan fingerprint density at radius 1 is 1.46 bits per heavy atom. The van der Waals surface area contributed by atoms with Gasteiger partial charge in [0.2, 0.25) is 5.91 Å². The van der Waals surface area contributed by atoms with Gasteiger partial charge in [-0.25, -0.2) is 4.98 Å². The first-order chi connectivity index (χ1) is 11.5. The van der Waals surface area contributed by atoms with Crippen LogP contribution in [-0.2, 0) is 4.79 Å². The predicted molar refractivity (Wildman–Crippen MR) is 94.5 cm³/mol. The maximum absolute atomic E-state index is 12.5. The zero-order valence-electron chi connectivity index (χ0n) is 14.0. The highest BCUT2D eigenvalue weighted by atomic mass is 32.1. The van der Waals surface area contributed by atoms with Crippen molar-refractivity contribution >= 4 is 28.2 Å². The first kappa shape index (κ1) is 16.9. The zero-order chi connectivity index (χ0) is 17.1. The summed E-state index contributed by atoms with van der Waals surface area (Å²) in [6.07, 6.45) is 3.45. The van der Waals surface area contributed by atoms with E-state index in [2.05, 4.69) is 20.2 Å². The van der Waals surface area contributed by atoms with E-state index in [0.717, 1.165) is 36.3 Å². The minimum absolute atomic E-state index is 0.00392. The highest BCUT2D eigenvalue weighted by molar-refractivity contribution is 7.13. The van der Waals surface area contributed by atoms with E-state index in [1.54, 1.807) is 6.20 Å². The van der Waals surface area contributed by atoms with Gasteiger partial charge < -0.3 is 10.3 Å². The van der Waals surface area contributed by atoms with Crippen LogP contribution >= 0.6 is 11.3 Å². The number of aromatic nitrogens is 2. The number of carbonyl (C=O) groups excluding carboxylic acids is 2. The molecular formula is C17H22N4O2S. The molecule has 3 heterocycles. The molecule has 2 N–H and O–H groups in total. The van der Waals surface area contributed by atoms with Gasteiger partial charge in [-0.3, -0.25) is 14.5 Å². The maximum Gasteiger partial charge on any atom is 0.230 e. The predicted octanol–water partition coefficient (Wildman–Crippen LogP) is 2.62. The zero-order valence-corrected chi connectivity index (χ0v) is 14.8. The fourth-order valence-electron chi connectivity index (χ4n) is 3.21. The monoisotopic (exact) mass is 346 g/mol. The number of aromatic amines is 1. The second-order valence-corrected chi connectivity index (χ2v) is 7.21. The third-order valence-corrected chi connectivity index (χ3v) is 5.04. The highest BCUT2D eigenvalue weighted by Crippen LogP contribution is 2.20. The van der Waals surface area contributed by atoms with Gasteiger partial charge in [0.15, 0.2) is 10.9 Å². The summed E-state index contributed by atoms with van der Waals surface area (Å²) in [6, 6.07) is 1.90. The van der Waals surface area contributed by atoms with Crippen LogP contribution in [0.4, 0.5) is 5.13 Å². The van der Waals surface area contributed by atoms with Gasteiger partial charge in [-0.1, -0.05) is 0 Å². The number of nitrogens with zero attached hydrogens (tertiary/aromatic N) is 2. The van der Waals surface area contributed by atoms with Crippen molar-refractivity contribution in [3.8, 4) is 0 Å². The average Bonchev–Trinajstić information content (AvgIpc) is 3.17. The number of Topliss-reactive ketones (excluding diaryl/α,β-unsaturated/α-hetero) is 1. The molecular weight excluding hydrogens is 324 g/mol. The van der Waals surface area contributed by atoms with Crippen LogP contribution in [-0.4, -0.2) is 46.2 Å². The van der Waals surface area contributed by atoms with Crippen molar-refractivity contribution in [3.63, 3.8) is 0 Å². The summed E-state index contributed by atoms with van der Waals surface area (Å²) in [4.78, 5) is 34.2. The standard InChI is InChI=1S/C17H22N4O2S/c1-11-8-14(12(2)19-11)15(22)10-21-6-3-4-13(9-21)16(23)20-17-18-5-7-24-17/h5,7-8,13,19H,3-4,6,9-10H2,1-2H3,(H,18,20,23)/t13-/m1/s1. The summed E-state index contributed by atoms with van der Waals surface area (Å²) in [5.74, 6) is 0.0121. The summed E-state index contributed by atoms with van der Waals surface area (Å²) >= 11 is 1.41. The van der Waals surface area contributed by atoms with E-state index in [1.807, 2.05) is 25.3 Å². The number of H-pyrrole nitrogens is 1. The molecule has 1 saturated heterocycles. The van der Waals surface area contributed by atoms with Gasteiger partial charge in [-0.2, -0.15) is 0 Å². The van der Waals surface area contributed by atoms with E-state index in [4.69, 9.17) is 0 Å². The quantitative estimate of drug-likeness (QED) is 0.816. The number of rotatable bonds is 5. The number of aryl methyl sites for hydroxylation is 2. The number of likely N-dealkylation sites (tertiary alicyclic amines) is 1. The number of hydrogen-bond acceptors (Lipinski definition) is 5. The molecule has 3 rings (SSSR count). The van der Waals surface area contributed by atoms with E-state index >= 15 is 0 Å². The first-order valence-corrected chi connectivity index (χ1v) is 9.03. The molecule has 0 bridgehead atoms. The largest absolute Gasteiger partial charge is 0.362 e. The molecule has 1 fully saturated rings. The summed E-state index contributed by atoms with van der Waals surface area (Å²) in [5, 5.41) is 5.33. The molecule has 1 atom stereocenters. The van der Waals surface area contributed by atoms with E-state index in [9.17, 15) is 9.59 Å². The van der Waals surface area contributed by atoms with Crippen molar-refractivity contribution < 1.29 is 9.59 Å². The van der Waals surface area contributed by atoms with Crippen molar-refractivity contribution in [2.24, 2.45) is 5.92 Å². The van der Waals surface area contributed by atoms with E-state index in [0.29, 0.717) is 18.2 Å². The van der Waals surface area contributed by atoms with Gasteiger partial charge in [0, 0.05) is 35.1 Å². The molecule has 0 radical (unpaired) electrons. The van der Waals surface area contributed by atoms with Crippen molar-refractivity contribution in [3.05, 3.63) is 34.6 Å². The maximum atomic E-state index is 12.5. The van der Waals surface area contributed by atoms with Crippen LogP contribution in [0.15, 0.2) is 17.6 Å². The van der Waals surface area contributed by atoms with Gasteiger partial charge in [0.05, 0.1) is 12.5 Å². The number of hydrogen-bond donors (Lipinski definition) is 2. The Kier molecular flexibility index (Phi) is 5.11. The number of amides is 1. The number of piperidine rings is 1. The van der Waals surface area contributed by atoms with Crippen molar-refractivity contribution in [2.45, 2.75) is 26.7 Å². The molecule has 0 saturated carbocycles. The Morgan fingerprint density at radius 3 is 2.96 bits per heavy atom. The van der Waals surface area contributed by atoms with Crippen molar-refractivity contribution in [1.82, 2.24) is 14.9 Å². The van der Waals surface area contributed by atoms with Gasteiger partial charge in [-0.15, -0.1) is 11.3 Å². The van der Waals surface area contributed by atoms with Crippen molar-refractivity contribution in [1.29, 1.82) is 0 Å². The molecule has 0 aromatic carbocycles. The molecule has 0 spiro atoms. The number of carbonyl (C=O) groups is 2. The average molecular weight is 346 g/mol. The lowest BCUT2D eigenvalue weighted by Gasteiger charge is -2.31. The Labute approximate surface area is 145 Å². The lowest BCUT2D eigenvalue weighted by Crippen LogP contribution is -2.42. The highest BCUT2D eigenvalue weighted by Gasteiger charge is 2.27. The number of thiazole rings is 1. The van der Waals surface area contributed by atoms with Gasteiger partial charge in [0.1, 0.15) is 0 Å². The summed E-state index contributed by atoms with van der Waals surface area (Å²) in [6.45, 7) is 5.70. The fourth-order valence-corrected chi connectivity index (χ4v) is 3.74. The molecule has 0 unspecified atom stereocenters. The molecule has 6 nitrogen and oxygen atoms in total. The van der Waals surface area contributed by atoms with Gasteiger partial charge in [0.25, 0.3) is 0 Å². The van der Waals surface area contributed by atoms with Crippen LogP contribution in [0.25, 0.3) is 0 Å². The Bertz CT molecular complexity index is 723. The molecule has 1 aliphatic heterocycles. The Hall–Kier alpha value is -1.99. The second kappa shape index (κ2) is 7.27. The molecule has 2 aromatic heterocycles. The Balaban J connectivity index is 1.58. The molecule has 24 heavy (non-hydrogen) atoms. The van der Waals surface area contributed by atoms with Crippen LogP contribution < -0.4 is 5.32 Å². The number of nitrogens with one attached hydrogen (secondary N) is 2. The van der Waals surface area contributed by atoms with Crippen LogP contribution in [0.1, 0.15) is 34.6 Å². The smallest absolute Gasteiger partial charge is 0.230 e. The van der Waals surface area contributed by atoms with E-state index in [-0.39, 0.29) is 17.6 Å². The molecule has 1 aliphatic rings.